The van der Waals surface area contributed by atoms with Crippen LogP contribution in [0.3, 0.4) is 0 Å². The number of ether oxygens (including phenoxy) is 2. The standard InChI is InChI=1S/C24H30F3N3O4/c1-23(2,22(31)32)17-5-4-12-30(15-17)18-13-20(29-21(14-18)33-3)28-11-10-16-6-8-19(9-7-16)34-24(25,26)27/h6-9,13-14,17H,4-5,10-12,15H2,1-3H3,(H,28,29)(H,31,32). The van der Waals surface area contributed by atoms with E-state index in [1.807, 2.05) is 12.1 Å². The van der Waals surface area contributed by atoms with Gasteiger partial charge in [-0.15, -0.1) is 13.2 Å². The number of methoxy groups -OCH3 is 1. The molecule has 2 aromatic rings. The number of hydrogen-bond donors (Lipinski definition) is 2. The molecule has 0 amide bonds. The molecule has 1 aliphatic rings. The van der Waals surface area contributed by atoms with Crippen LogP contribution in [0.4, 0.5) is 24.7 Å². The van der Waals surface area contributed by atoms with E-state index in [-0.39, 0.29) is 11.7 Å². The molecule has 1 fully saturated rings. The Kier molecular flexibility index (Phi) is 7.78. The second kappa shape index (κ2) is 10.4. The summed E-state index contributed by atoms with van der Waals surface area (Å²) >= 11 is 0. The predicted octanol–water partition coefficient (Wildman–Crippen LogP) is 4.97. The fourth-order valence-electron chi connectivity index (χ4n) is 4.04. The fourth-order valence-corrected chi connectivity index (χ4v) is 4.04. The van der Waals surface area contributed by atoms with Crippen molar-refractivity contribution in [3.8, 4) is 11.6 Å². The summed E-state index contributed by atoms with van der Waals surface area (Å²) in [7, 11) is 1.53. The summed E-state index contributed by atoms with van der Waals surface area (Å²) in [6.45, 7) is 5.48. The van der Waals surface area contributed by atoms with Crippen molar-refractivity contribution in [3.05, 3.63) is 42.0 Å². The number of alkyl halides is 3. The normalized spacial score (nSPS) is 16.8. The van der Waals surface area contributed by atoms with Crippen LogP contribution in [0.2, 0.25) is 0 Å². The first-order valence-electron chi connectivity index (χ1n) is 11.1. The number of aliphatic carboxylic acids is 1. The van der Waals surface area contributed by atoms with E-state index in [1.165, 1.54) is 19.2 Å². The summed E-state index contributed by atoms with van der Waals surface area (Å²) in [4.78, 5) is 18.3. The third-order valence-corrected chi connectivity index (χ3v) is 6.23. The molecule has 0 aliphatic carbocycles. The zero-order valence-corrected chi connectivity index (χ0v) is 19.5. The van der Waals surface area contributed by atoms with Crippen molar-refractivity contribution in [1.82, 2.24) is 4.98 Å². The Balaban J connectivity index is 1.64. The van der Waals surface area contributed by atoms with Gasteiger partial charge in [0, 0.05) is 37.5 Å². The zero-order chi connectivity index (χ0) is 24.9. The number of hydrogen-bond acceptors (Lipinski definition) is 6. The maximum Gasteiger partial charge on any atom is 0.573 e. The molecule has 3 rings (SSSR count). The Labute approximate surface area is 196 Å². The molecule has 1 saturated heterocycles. The second-order valence-corrected chi connectivity index (χ2v) is 8.93. The Morgan fingerprint density at radius 3 is 2.56 bits per heavy atom. The summed E-state index contributed by atoms with van der Waals surface area (Å²) in [5.41, 5.74) is 0.922. The molecule has 0 radical (unpaired) electrons. The van der Waals surface area contributed by atoms with E-state index >= 15 is 0 Å². The fraction of sp³-hybridized carbons (Fsp3) is 0.500. The highest BCUT2D eigenvalue weighted by atomic mass is 19.4. The lowest BCUT2D eigenvalue weighted by Gasteiger charge is -2.40. The van der Waals surface area contributed by atoms with Crippen molar-refractivity contribution in [3.63, 3.8) is 0 Å². The van der Waals surface area contributed by atoms with E-state index in [0.29, 0.717) is 31.2 Å². The van der Waals surface area contributed by atoms with Gasteiger partial charge in [0.2, 0.25) is 5.88 Å². The summed E-state index contributed by atoms with van der Waals surface area (Å²) in [6, 6.07) is 9.49. The molecule has 0 bridgehead atoms. The molecule has 186 valence electrons. The van der Waals surface area contributed by atoms with E-state index in [0.717, 1.165) is 30.6 Å². The predicted molar refractivity (Wildman–Crippen MR) is 122 cm³/mol. The van der Waals surface area contributed by atoms with Crippen LogP contribution in [-0.4, -0.2) is 49.2 Å². The van der Waals surface area contributed by atoms with Gasteiger partial charge in [0.25, 0.3) is 0 Å². The number of carboxylic acids is 1. The number of nitrogens with one attached hydrogen (secondary N) is 1. The van der Waals surface area contributed by atoms with E-state index < -0.39 is 17.7 Å². The smallest absolute Gasteiger partial charge is 0.481 e. The summed E-state index contributed by atoms with van der Waals surface area (Å²) < 4.78 is 46.1. The molecule has 10 heteroatoms. The zero-order valence-electron chi connectivity index (χ0n) is 19.5. The van der Waals surface area contributed by atoms with Crippen molar-refractivity contribution < 1.29 is 32.5 Å². The van der Waals surface area contributed by atoms with Gasteiger partial charge in [-0.25, -0.2) is 0 Å². The molecule has 1 unspecified atom stereocenters. The van der Waals surface area contributed by atoms with Crippen molar-refractivity contribution in [2.24, 2.45) is 11.3 Å². The SMILES string of the molecule is COc1cc(N2CCCC(C(C)(C)C(=O)O)C2)cc(NCCc2ccc(OC(F)(F)F)cc2)n1. The summed E-state index contributed by atoms with van der Waals surface area (Å²) in [5, 5.41) is 12.9. The molecule has 1 atom stereocenters. The highest BCUT2D eigenvalue weighted by Gasteiger charge is 2.39. The van der Waals surface area contributed by atoms with Gasteiger partial charge < -0.3 is 24.8 Å². The van der Waals surface area contributed by atoms with Gasteiger partial charge in [0.1, 0.15) is 11.6 Å². The number of benzene rings is 1. The number of carbonyl (C=O) groups is 1. The molecular weight excluding hydrogens is 451 g/mol. The second-order valence-electron chi connectivity index (χ2n) is 8.93. The molecule has 7 nitrogen and oxygen atoms in total. The number of halogens is 3. The lowest BCUT2D eigenvalue weighted by Crippen LogP contribution is -2.44. The summed E-state index contributed by atoms with van der Waals surface area (Å²) in [6.07, 6.45) is -2.39. The maximum atomic E-state index is 12.3. The van der Waals surface area contributed by atoms with Crippen LogP contribution < -0.4 is 19.7 Å². The van der Waals surface area contributed by atoms with Crippen LogP contribution >= 0.6 is 0 Å². The Hall–Kier alpha value is -3.17. The minimum absolute atomic E-state index is 0.0126. The van der Waals surface area contributed by atoms with Crippen LogP contribution in [0, 0.1) is 11.3 Å². The summed E-state index contributed by atoms with van der Waals surface area (Å²) in [5.74, 6) is -0.000814. The molecule has 2 N–H and O–H groups in total. The lowest BCUT2D eigenvalue weighted by atomic mass is 9.74. The molecule has 0 spiro atoms. The first-order valence-corrected chi connectivity index (χ1v) is 11.1. The number of pyridine rings is 1. The molecule has 34 heavy (non-hydrogen) atoms. The number of rotatable bonds is 9. The van der Waals surface area contributed by atoms with Gasteiger partial charge >= 0.3 is 12.3 Å². The van der Waals surface area contributed by atoms with Gasteiger partial charge in [-0.3, -0.25) is 4.79 Å². The number of aromatic nitrogens is 1. The average Bonchev–Trinajstić information content (AvgIpc) is 2.79. The van der Waals surface area contributed by atoms with E-state index in [4.69, 9.17) is 4.74 Å². The molecule has 1 aromatic carbocycles. The Morgan fingerprint density at radius 1 is 1.24 bits per heavy atom. The highest BCUT2D eigenvalue weighted by molar-refractivity contribution is 5.74. The Morgan fingerprint density at radius 2 is 1.94 bits per heavy atom. The molecular formula is C24H30F3N3O4. The van der Waals surface area contributed by atoms with Crippen molar-refractivity contribution >= 4 is 17.5 Å². The minimum Gasteiger partial charge on any atom is -0.481 e. The van der Waals surface area contributed by atoms with E-state index in [9.17, 15) is 23.1 Å². The van der Waals surface area contributed by atoms with Crippen LogP contribution in [0.5, 0.6) is 11.6 Å². The minimum atomic E-state index is -4.71. The lowest BCUT2D eigenvalue weighted by molar-refractivity contribution is -0.274. The average molecular weight is 482 g/mol. The number of piperidine rings is 1. The number of carboxylic acid groups (broad SMARTS) is 1. The van der Waals surface area contributed by atoms with Crippen LogP contribution in [0.25, 0.3) is 0 Å². The van der Waals surface area contributed by atoms with Crippen molar-refractivity contribution in [1.29, 1.82) is 0 Å². The first-order chi connectivity index (χ1) is 16.0. The van der Waals surface area contributed by atoms with Gasteiger partial charge in [0.15, 0.2) is 0 Å². The van der Waals surface area contributed by atoms with E-state index in [1.54, 1.807) is 26.0 Å². The van der Waals surface area contributed by atoms with Gasteiger partial charge in [0.05, 0.1) is 12.5 Å². The van der Waals surface area contributed by atoms with Crippen molar-refractivity contribution in [2.45, 2.75) is 39.5 Å². The van der Waals surface area contributed by atoms with Crippen LogP contribution in [-0.2, 0) is 11.2 Å². The third kappa shape index (κ3) is 6.68. The monoisotopic (exact) mass is 481 g/mol. The molecule has 1 aromatic heterocycles. The largest absolute Gasteiger partial charge is 0.573 e. The van der Waals surface area contributed by atoms with Gasteiger partial charge in [-0.05, 0) is 56.7 Å². The Bertz CT molecular complexity index is 980. The third-order valence-electron chi connectivity index (χ3n) is 6.23. The van der Waals surface area contributed by atoms with E-state index in [2.05, 4.69) is 19.9 Å². The van der Waals surface area contributed by atoms with Gasteiger partial charge in [-0.1, -0.05) is 12.1 Å². The van der Waals surface area contributed by atoms with Gasteiger partial charge in [-0.2, -0.15) is 4.98 Å². The molecule has 0 saturated carbocycles. The quantitative estimate of drug-likeness (QED) is 0.523. The maximum absolute atomic E-state index is 12.3. The molecule has 2 heterocycles. The first kappa shape index (κ1) is 25.5. The number of anilines is 2. The highest BCUT2D eigenvalue weighted by Crippen LogP contribution is 2.36. The number of nitrogens with zero attached hydrogens (tertiary/aromatic N) is 2. The van der Waals surface area contributed by atoms with Crippen molar-refractivity contribution in [2.75, 3.05) is 37.0 Å². The topological polar surface area (TPSA) is 83.9 Å². The van der Waals surface area contributed by atoms with Crippen LogP contribution in [0.15, 0.2) is 36.4 Å². The molecule has 1 aliphatic heterocycles. The van der Waals surface area contributed by atoms with Crippen LogP contribution in [0.1, 0.15) is 32.3 Å².